The number of allylic oxidation sites excluding steroid dienone is 1. The highest BCUT2D eigenvalue weighted by molar-refractivity contribution is 5.89. The molecular formula is C8H12O2. The summed E-state index contributed by atoms with van der Waals surface area (Å²) in [7, 11) is 0. The van der Waals surface area contributed by atoms with Crippen molar-refractivity contribution in [1.82, 2.24) is 0 Å². The second-order valence-electron chi connectivity index (χ2n) is 2.65. The highest BCUT2D eigenvalue weighted by atomic mass is 16.3. The Kier molecular flexibility index (Phi) is 2.63. The highest BCUT2D eigenvalue weighted by Gasteiger charge is 2.06. The highest BCUT2D eigenvalue weighted by Crippen LogP contribution is 2.09. The maximum absolute atomic E-state index is 10.8. The van der Waals surface area contributed by atoms with Crippen molar-refractivity contribution in [3.8, 4) is 0 Å². The van der Waals surface area contributed by atoms with Crippen molar-refractivity contribution in [3.05, 3.63) is 12.2 Å². The van der Waals surface area contributed by atoms with Crippen LogP contribution in [-0.2, 0) is 4.79 Å². The number of hydrogen-bond acceptors (Lipinski definition) is 2. The van der Waals surface area contributed by atoms with Gasteiger partial charge in [-0.1, -0.05) is 6.08 Å². The number of aliphatic hydroxyl groups is 1. The van der Waals surface area contributed by atoms with Gasteiger partial charge in [0.2, 0.25) is 0 Å². The Hall–Kier alpha value is -0.630. The summed E-state index contributed by atoms with van der Waals surface area (Å²) in [6.45, 7) is 0. The number of ketones is 1. The zero-order valence-corrected chi connectivity index (χ0v) is 5.92. The van der Waals surface area contributed by atoms with Crippen molar-refractivity contribution in [3.63, 3.8) is 0 Å². The molecule has 0 aromatic rings. The van der Waals surface area contributed by atoms with Gasteiger partial charge >= 0.3 is 0 Å². The molecule has 1 aliphatic rings. The van der Waals surface area contributed by atoms with E-state index in [-0.39, 0.29) is 11.9 Å². The third kappa shape index (κ3) is 2.31. The molecule has 10 heavy (non-hydrogen) atoms. The maximum atomic E-state index is 10.8. The molecular weight excluding hydrogens is 128 g/mol. The molecule has 0 heterocycles. The standard InChI is InChI=1S/C8H12O2/c9-7-3-1-4-8(10)6-2-5-7/h1,3,8,10H,2,4-6H2/b3-1-. The number of aliphatic hydroxyl groups excluding tert-OH is 1. The number of hydrogen-bond donors (Lipinski definition) is 1. The molecule has 1 unspecified atom stereocenters. The first-order valence-corrected chi connectivity index (χ1v) is 3.66. The Bertz CT molecular complexity index is 149. The van der Waals surface area contributed by atoms with Crippen LogP contribution in [0.1, 0.15) is 25.7 Å². The van der Waals surface area contributed by atoms with E-state index in [0.717, 1.165) is 12.8 Å². The van der Waals surface area contributed by atoms with Crippen LogP contribution in [0.4, 0.5) is 0 Å². The average molecular weight is 140 g/mol. The van der Waals surface area contributed by atoms with Gasteiger partial charge in [-0.15, -0.1) is 0 Å². The van der Waals surface area contributed by atoms with Crippen LogP contribution in [0.25, 0.3) is 0 Å². The zero-order chi connectivity index (χ0) is 7.40. The minimum Gasteiger partial charge on any atom is -0.393 e. The van der Waals surface area contributed by atoms with Crippen LogP contribution in [-0.4, -0.2) is 17.0 Å². The van der Waals surface area contributed by atoms with Gasteiger partial charge in [-0.25, -0.2) is 0 Å². The molecule has 0 saturated heterocycles. The normalized spacial score (nSPS) is 30.9. The molecule has 0 aromatic carbocycles. The minimum atomic E-state index is -0.232. The van der Waals surface area contributed by atoms with Gasteiger partial charge in [0.25, 0.3) is 0 Å². The van der Waals surface area contributed by atoms with Crippen LogP contribution >= 0.6 is 0 Å². The van der Waals surface area contributed by atoms with Gasteiger partial charge in [0.15, 0.2) is 5.78 Å². The predicted molar refractivity (Wildman–Crippen MR) is 38.6 cm³/mol. The first-order chi connectivity index (χ1) is 4.79. The zero-order valence-electron chi connectivity index (χ0n) is 5.92. The van der Waals surface area contributed by atoms with Crippen LogP contribution < -0.4 is 0 Å². The summed E-state index contributed by atoms with van der Waals surface area (Å²) < 4.78 is 0. The van der Waals surface area contributed by atoms with Gasteiger partial charge in [-0.2, -0.15) is 0 Å². The molecule has 1 atom stereocenters. The fourth-order valence-electron chi connectivity index (χ4n) is 1.07. The third-order valence-corrected chi connectivity index (χ3v) is 1.67. The SMILES string of the molecule is O=C1/C=C\CC(O)CCC1. The summed E-state index contributed by atoms with van der Waals surface area (Å²) in [6.07, 6.45) is 5.90. The maximum Gasteiger partial charge on any atom is 0.155 e. The quantitative estimate of drug-likeness (QED) is 0.546. The van der Waals surface area contributed by atoms with Crippen molar-refractivity contribution in [2.75, 3.05) is 0 Å². The van der Waals surface area contributed by atoms with Crippen LogP contribution in [0.15, 0.2) is 12.2 Å². The van der Waals surface area contributed by atoms with Gasteiger partial charge < -0.3 is 5.11 Å². The van der Waals surface area contributed by atoms with Gasteiger partial charge in [0.1, 0.15) is 0 Å². The number of carbonyl (C=O) groups is 1. The monoisotopic (exact) mass is 140 g/mol. The fraction of sp³-hybridized carbons (Fsp3) is 0.625. The molecule has 0 aliphatic heterocycles. The molecule has 0 bridgehead atoms. The lowest BCUT2D eigenvalue weighted by molar-refractivity contribution is -0.114. The summed E-state index contributed by atoms with van der Waals surface area (Å²) in [5, 5.41) is 9.14. The smallest absolute Gasteiger partial charge is 0.155 e. The topological polar surface area (TPSA) is 37.3 Å². The Morgan fingerprint density at radius 3 is 3.20 bits per heavy atom. The lowest BCUT2D eigenvalue weighted by atomic mass is 10.0. The molecule has 56 valence electrons. The summed E-state index contributed by atoms with van der Waals surface area (Å²) in [4.78, 5) is 10.8. The van der Waals surface area contributed by atoms with E-state index >= 15 is 0 Å². The largest absolute Gasteiger partial charge is 0.393 e. The van der Waals surface area contributed by atoms with E-state index in [9.17, 15) is 4.79 Å². The minimum absolute atomic E-state index is 0.187. The summed E-state index contributed by atoms with van der Waals surface area (Å²) in [6, 6.07) is 0. The molecule has 2 heteroatoms. The van der Waals surface area contributed by atoms with E-state index in [1.165, 1.54) is 0 Å². The van der Waals surface area contributed by atoms with Crippen LogP contribution in [0.5, 0.6) is 0 Å². The molecule has 2 nitrogen and oxygen atoms in total. The predicted octanol–water partition coefficient (Wildman–Crippen LogP) is 1.05. The van der Waals surface area contributed by atoms with Crippen molar-refractivity contribution in [2.45, 2.75) is 31.8 Å². The van der Waals surface area contributed by atoms with Gasteiger partial charge in [0.05, 0.1) is 6.10 Å². The number of carbonyl (C=O) groups excluding carboxylic acids is 1. The van der Waals surface area contributed by atoms with E-state index in [4.69, 9.17) is 5.11 Å². The Balaban J connectivity index is 2.45. The molecule has 1 rings (SSSR count). The second kappa shape index (κ2) is 3.52. The molecule has 0 amide bonds. The molecule has 1 N–H and O–H groups in total. The van der Waals surface area contributed by atoms with E-state index in [0.29, 0.717) is 12.8 Å². The van der Waals surface area contributed by atoms with Crippen LogP contribution in [0.2, 0.25) is 0 Å². The van der Waals surface area contributed by atoms with Gasteiger partial charge in [-0.3, -0.25) is 4.79 Å². The van der Waals surface area contributed by atoms with Crippen molar-refractivity contribution < 1.29 is 9.90 Å². The number of rotatable bonds is 0. The van der Waals surface area contributed by atoms with Crippen LogP contribution in [0, 0.1) is 0 Å². The van der Waals surface area contributed by atoms with E-state index in [1.54, 1.807) is 12.2 Å². The fourth-order valence-corrected chi connectivity index (χ4v) is 1.07. The Morgan fingerprint density at radius 2 is 2.40 bits per heavy atom. The third-order valence-electron chi connectivity index (χ3n) is 1.67. The molecule has 0 radical (unpaired) electrons. The lowest BCUT2D eigenvalue weighted by Gasteiger charge is -2.08. The first-order valence-electron chi connectivity index (χ1n) is 3.66. The summed E-state index contributed by atoms with van der Waals surface area (Å²) in [5.41, 5.74) is 0. The molecule has 1 aliphatic carbocycles. The van der Waals surface area contributed by atoms with Crippen LogP contribution in [0.3, 0.4) is 0 Å². The summed E-state index contributed by atoms with van der Waals surface area (Å²) in [5.74, 6) is 0.187. The lowest BCUT2D eigenvalue weighted by Crippen LogP contribution is -2.08. The van der Waals surface area contributed by atoms with E-state index in [2.05, 4.69) is 0 Å². The van der Waals surface area contributed by atoms with Crippen molar-refractivity contribution in [1.29, 1.82) is 0 Å². The molecule has 0 aromatic heterocycles. The van der Waals surface area contributed by atoms with Crippen molar-refractivity contribution >= 4 is 5.78 Å². The second-order valence-corrected chi connectivity index (χ2v) is 2.65. The Morgan fingerprint density at radius 1 is 1.60 bits per heavy atom. The van der Waals surface area contributed by atoms with E-state index < -0.39 is 0 Å². The average Bonchev–Trinajstić information content (AvgIpc) is 1.84. The van der Waals surface area contributed by atoms with E-state index in [1.807, 2.05) is 0 Å². The van der Waals surface area contributed by atoms with Gasteiger partial charge in [0, 0.05) is 6.42 Å². The Labute approximate surface area is 60.6 Å². The summed E-state index contributed by atoms with van der Waals surface area (Å²) >= 11 is 0. The molecule has 0 saturated carbocycles. The molecule has 0 spiro atoms. The first kappa shape index (κ1) is 7.48. The van der Waals surface area contributed by atoms with Crippen molar-refractivity contribution in [2.24, 2.45) is 0 Å². The molecule has 0 fully saturated rings. The van der Waals surface area contributed by atoms with Gasteiger partial charge in [-0.05, 0) is 25.3 Å².